The van der Waals surface area contributed by atoms with Crippen LogP contribution in [0, 0.1) is 12.8 Å². The van der Waals surface area contributed by atoms with Crippen LogP contribution in [0.2, 0.25) is 0 Å². The Morgan fingerprint density at radius 2 is 2.08 bits per heavy atom. The van der Waals surface area contributed by atoms with E-state index in [9.17, 15) is 4.79 Å². The molecule has 1 aromatic heterocycles. The molecule has 0 aliphatic heterocycles. The topological polar surface area (TPSA) is 87.1 Å². The van der Waals surface area contributed by atoms with Crippen LogP contribution in [0.1, 0.15) is 60.7 Å². The molecule has 204 valence electrons. The minimum absolute atomic E-state index is 0.0640. The van der Waals surface area contributed by atoms with Gasteiger partial charge in [0.15, 0.2) is 6.61 Å². The normalized spacial score (nSPS) is 16.9. The Labute approximate surface area is 229 Å². The summed E-state index contributed by atoms with van der Waals surface area (Å²) in [6, 6.07) is 5.33. The average molecular weight is 540 g/mol. The van der Waals surface area contributed by atoms with E-state index in [1.807, 2.05) is 32.1 Å². The third kappa shape index (κ3) is 7.99. The summed E-state index contributed by atoms with van der Waals surface area (Å²) in [5, 5.41) is 9.71. The predicted octanol–water partition coefficient (Wildman–Crippen LogP) is 7.05. The molecule has 2 aromatic rings. The van der Waals surface area contributed by atoms with Crippen LogP contribution in [0.15, 0.2) is 60.1 Å². The maximum Gasteiger partial charge on any atom is 0.341 e. The van der Waals surface area contributed by atoms with Crippen LogP contribution in [0.3, 0.4) is 0 Å². The lowest BCUT2D eigenvalue weighted by molar-refractivity contribution is -0.139. The number of carbonyl (C=O) groups is 1. The zero-order chi connectivity index (χ0) is 27.7. The molecule has 0 spiro atoms. The highest BCUT2D eigenvalue weighted by atomic mass is 32.1. The summed E-state index contributed by atoms with van der Waals surface area (Å²) in [6.45, 7) is 8.10. The number of nitrogens with zero attached hydrogens (tertiary/aromatic N) is 1. The molecule has 1 aliphatic rings. The largest absolute Gasteiger partial charge is 0.501 e. The van der Waals surface area contributed by atoms with E-state index in [1.165, 1.54) is 0 Å². The summed E-state index contributed by atoms with van der Waals surface area (Å²) in [5.74, 6) is 2.38. The van der Waals surface area contributed by atoms with E-state index in [2.05, 4.69) is 32.1 Å². The Morgan fingerprint density at radius 3 is 2.74 bits per heavy atom. The highest BCUT2D eigenvalue weighted by molar-refractivity contribution is 7.12. The molecule has 38 heavy (non-hydrogen) atoms. The third-order valence-electron chi connectivity index (χ3n) is 6.11. The molecule has 7 nitrogen and oxygen atoms in total. The van der Waals surface area contributed by atoms with Gasteiger partial charge in [-0.1, -0.05) is 26.0 Å². The molecule has 2 atom stereocenters. The molecule has 3 rings (SSSR count). The van der Waals surface area contributed by atoms with Crippen LogP contribution in [0.5, 0.6) is 11.5 Å². The second-order valence-electron chi connectivity index (χ2n) is 9.23. The van der Waals surface area contributed by atoms with E-state index in [4.69, 9.17) is 29.0 Å². The van der Waals surface area contributed by atoms with Crippen molar-refractivity contribution >= 4 is 22.9 Å². The molecule has 2 unspecified atom stereocenters. The number of aromatic nitrogens is 1. The van der Waals surface area contributed by atoms with E-state index in [0.717, 1.165) is 51.1 Å². The van der Waals surface area contributed by atoms with Gasteiger partial charge in [-0.2, -0.15) is 0 Å². The molecule has 0 saturated heterocycles. The summed E-state index contributed by atoms with van der Waals surface area (Å²) in [5.41, 5.74) is 2.80. The fourth-order valence-electron chi connectivity index (χ4n) is 4.15. The van der Waals surface area contributed by atoms with Gasteiger partial charge < -0.3 is 24.1 Å². The molecule has 1 N–H and O–H groups in total. The van der Waals surface area contributed by atoms with Gasteiger partial charge in [0.2, 0.25) is 0 Å². The van der Waals surface area contributed by atoms with Gasteiger partial charge in [-0.05, 0) is 68.2 Å². The van der Waals surface area contributed by atoms with Gasteiger partial charge in [-0.25, -0.2) is 9.78 Å². The number of hydrogen-bond acceptors (Lipinski definition) is 7. The Morgan fingerprint density at radius 1 is 1.29 bits per heavy atom. The van der Waals surface area contributed by atoms with Crippen molar-refractivity contribution in [2.24, 2.45) is 5.92 Å². The first-order valence-corrected chi connectivity index (χ1v) is 13.5. The van der Waals surface area contributed by atoms with Crippen molar-refractivity contribution in [3.8, 4) is 11.5 Å². The second-order valence-corrected chi connectivity index (χ2v) is 10.3. The highest BCUT2D eigenvalue weighted by Crippen LogP contribution is 2.37. The molecule has 0 saturated carbocycles. The third-order valence-corrected chi connectivity index (χ3v) is 7.34. The molecule has 8 heteroatoms. The molecule has 1 aliphatic carbocycles. The number of benzene rings is 1. The summed E-state index contributed by atoms with van der Waals surface area (Å²) in [4.78, 5) is 17.0. The summed E-state index contributed by atoms with van der Waals surface area (Å²) in [7, 11) is 3.39. The number of carboxylic acids is 1. The fourth-order valence-corrected chi connectivity index (χ4v) is 5.18. The van der Waals surface area contributed by atoms with Gasteiger partial charge in [-0.3, -0.25) is 0 Å². The number of methoxy groups -OCH3 is 2. The van der Waals surface area contributed by atoms with E-state index >= 15 is 0 Å². The van der Waals surface area contributed by atoms with Crippen molar-refractivity contribution in [2.75, 3.05) is 20.8 Å². The van der Waals surface area contributed by atoms with Crippen molar-refractivity contribution in [2.45, 2.75) is 53.1 Å². The lowest BCUT2D eigenvalue weighted by atomic mass is 10.00. The molecule has 1 heterocycles. The van der Waals surface area contributed by atoms with Gasteiger partial charge in [0.25, 0.3) is 0 Å². The van der Waals surface area contributed by atoms with Crippen LogP contribution in [-0.4, -0.2) is 36.9 Å². The quantitative estimate of drug-likeness (QED) is 0.228. The van der Waals surface area contributed by atoms with Crippen molar-refractivity contribution in [1.29, 1.82) is 0 Å². The summed E-state index contributed by atoms with van der Waals surface area (Å²) < 4.78 is 22.6. The predicted molar refractivity (Wildman–Crippen MR) is 151 cm³/mol. The Kier molecular flexibility index (Phi) is 10.6. The van der Waals surface area contributed by atoms with Crippen LogP contribution < -0.4 is 9.47 Å². The monoisotopic (exact) mass is 539 g/mol. The maximum absolute atomic E-state index is 10.8. The number of hydrogen-bond donors (Lipinski definition) is 1. The van der Waals surface area contributed by atoms with Crippen LogP contribution in [0.25, 0.3) is 5.57 Å². The number of allylic oxidation sites excluding steroid dienone is 7. The van der Waals surface area contributed by atoms with E-state index in [-0.39, 0.29) is 12.5 Å². The van der Waals surface area contributed by atoms with Crippen LogP contribution >= 0.6 is 11.3 Å². The molecule has 0 fully saturated rings. The molecule has 0 bridgehead atoms. The average Bonchev–Trinajstić information content (AvgIpc) is 3.23. The highest BCUT2D eigenvalue weighted by Gasteiger charge is 2.22. The summed E-state index contributed by atoms with van der Waals surface area (Å²) >= 11 is 1.63. The van der Waals surface area contributed by atoms with Crippen molar-refractivity contribution in [3.63, 3.8) is 0 Å². The first-order chi connectivity index (χ1) is 18.2. The fraction of sp³-hybridized carbons (Fsp3) is 0.400. The van der Waals surface area contributed by atoms with E-state index in [1.54, 1.807) is 37.7 Å². The first-order valence-electron chi connectivity index (χ1n) is 12.7. The van der Waals surface area contributed by atoms with Gasteiger partial charge in [0.1, 0.15) is 28.9 Å². The maximum atomic E-state index is 10.8. The van der Waals surface area contributed by atoms with Gasteiger partial charge >= 0.3 is 5.97 Å². The van der Waals surface area contributed by atoms with Crippen molar-refractivity contribution in [1.82, 2.24) is 4.98 Å². The van der Waals surface area contributed by atoms with Gasteiger partial charge in [-0.15, -0.1) is 11.3 Å². The minimum Gasteiger partial charge on any atom is -0.501 e. The second kappa shape index (κ2) is 13.9. The van der Waals surface area contributed by atoms with Crippen LogP contribution in [-0.2, 0) is 20.9 Å². The lowest BCUT2D eigenvalue weighted by Crippen LogP contribution is -2.10. The zero-order valence-corrected chi connectivity index (χ0v) is 23.8. The zero-order valence-electron chi connectivity index (χ0n) is 22.9. The molecular formula is C30H37NO6S. The molecule has 0 amide bonds. The number of ether oxygens (including phenoxy) is 4. The molecular weight excluding hydrogens is 502 g/mol. The van der Waals surface area contributed by atoms with E-state index < -0.39 is 5.97 Å². The SMILES string of the molecule is C/C=C\C(=C/C(C)c1sc(COc2ccc(OCC(=O)O)c(C)c2)nc1C1=CC(C)CCC(OC)=C1)OC. The van der Waals surface area contributed by atoms with Gasteiger partial charge in [0.05, 0.1) is 25.7 Å². The Hall–Kier alpha value is -3.52. The number of aliphatic carboxylic acids is 1. The summed E-state index contributed by atoms with van der Waals surface area (Å²) in [6.07, 6.45) is 12.3. The standard InChI is InChI=1S/C30H37NO6S/c1-7-8-23(34-5)15-21(4)30-29(22-13-19(2)9-10-24(16-22)35-6)31-27(38-30)17-36-25-11-12-26(20(3)14-25)37-18-28(32)33/h7-8,11-16,19,21H,9-10,17-18H2,1-6H3,(H,32,33)/b8-7-,23-15+. The van der Waals surface area contributed by atoms with Crippen molar-refractivity contribution < 1.29 is 28.8 Å². The van der Waals surface area contributed by atoms with Crippen LogP contribution in [0.4, 0.5) is 0 Å². The molecule has 1 aromatic carbocycles. The van der Waals surface area contributed by atoms with Gasteiger partial charge in [0, 0.05) is 22.8 Å². The number of carboxylic acid groups (broad SMARTS) is 1. The number of rotatable bonds is 12. The number of thiazole rings is 1. The first kappa shape index (κ1) is 29.0. The smallest absolute Gasteiger partial charge is 0.341 e. The van der Waals surface area contributed by atoms with E-state index in [0.29, 0.717) is 24.0 Å². The Bertz CT molecular complexity index is 1240. The lowest BCUT2D eigenvalue weighted by Gasteiger charge is -2.10. The van der Waals surface area contributed by atoms with Crippen molar-refractivity contribution in [3.05, 3.63) is 81.2 Å². The number of aryl methyl sites for hydroxylation is 1. The minimum atomic E-state index is -1.02. The molecule has 0 radical (unpaired) electrons. The Balaban J connectivity index is 1.92.